The zero-order valence-electron chi connectivity index (χ0n) is 10.9. The summed E-state index contributed by atoms with van der Waals surface area (Å²) in [5.74, 6) is -0.783. The molecule has 0 saturated heterocycles. The number of alkyl halides is 3. The lowest BCUT2D eigenvalue weighted by Gasteiger charge is -2.12. The van der Waals surface area contributed by atoms with Crippen LogP contribution in [0.4, 0.5) is 13.2 Å². The maximum atomic E-state index is 13.1. The van der Waals surface area contributed by atoms with Crippen molar-refractivity contribution in [3.63, 3.8) is 0 Å². The molecule has 0 saturated carbocycles. The van der Waals surface area contributed by atoms with Gasteiger partial charge in [-0.1, -0.05) is 18.2 Å². The first-order valence-corrected chi connectivity index (χ1v) is 6.14. The molecule has 0 fully saturated rings. The summed E-state index contributed by atoms with van der Waals surface area (Å²) in [6.07, 6.45) is -3.13. The largest absolute Gasteiger partial charge is 0.460 e. The van der Waals surface area contributed by atoms with Gasteiger partial charge in [-0.25, -0.2) is 4.79 Å². The van der Waals surface area contributed by atoms with E-state index in [0.717, 1.165) is 6.07 Å². The minimum atomic E-state index is -4.47. The van der Waals surface area contributed by atoms with Gasteiger partial charge < -0.3 is 4.52 Å². The van der Waals surface area contributed by atoms with E-state index >= 15 is 0 Å². The number of nitrogens with zero attached hydrogens (tertiary/aromatic N) is 2. The molecule has 1 N–H and O–H groups in total. The Balaban J connectivity index is 2.13. The molecule has 22 heavy (non-hydrogen) atoms. The summed E-state index contributed by atoms with van der Waals surface area (Å²) in [5.41, 5.74) is -0.215. The summed E-state index contributed by atoms with van der Waals surface area (Å²) in [6, 6.07) is 8.07. The Bertz CT molecular complexity index is 868. The zero-order chi connectivity index (χ0) is 15.7. The van der Waals surface area contributed by atoms with E-state index < -0.39 is 17.5 Å². The van der Waals surface area contributed by atoms with Gasteiger partial charge in [-0.3, -0.25) is 4.98 Å². The van der Waals surface area contributed by atoms with Crippen LogP contribution in [0.1, 0.15) is 5.56 Å². The molecule has 5 nitrogen and oxygen atoms in total. The number of aromatic nitrogens is 3. The Labute approximate surface area is 121 Å². The maximum absolute atomic E-state index is 13.1. The Morgan fingerprint density at radius 1 is 1.14 bits per heavy atom. The fourth-order valence-corrected chi connectivity index (χ4v) is 2.05. The van der Waals surface area contributed by atoms with Crippen LogP contribution in [0.25, 0.3) is 22.6 Å². The van der Waals surface area contributed by atoms with Crippen molar-refractivity contribution in [2.45, 2.75) is 6.18 Å². The third-order valence-corrected chi connectivity index (χ3v) is 2.98. The summed E-state index contributed by atoms with van der Waals surface area (Å²) >= 11 is 0. The molecular weight excluding hydrogens is 299 g/mol. The number of pyridine rings is 1. The van der Waals surface area contributed by atoms with Crippen LogP contribution in [0.15, 0.2) is 51.9 Å². The predicted molar refractivity (Wildman–Crippen MR) is 70.8 cm³/mol. The zero-order valence-corrected chi connectivity index (χ0v) is 10.9. The molecule has 8 heteroatoms. The molecule has 3 rings (SSSR count). The maximum Gasteiger partial charge on any atom is 0.460 e. The molecule has 0 unspecified atom stereocenters. The van der Waals surface area contributed by atoms with E-state index in [4.69, 9.17) is 0 Å². The number of halogens is 3. The highest BCUT2D eigenvalue weighted by molar-refractivity contribution is 5.71. The molecule has 2 aromatic heterocycles. The highest BCUT2D eigenvalue weighted by Gasteiger charge is 2.33. The molecule has 0 aliphatic carbocycles. The van der Waals surface area contributed by atoms with Gasteiger partial charge in [0.2, 0.25) is 0 Å². The monoisotopic (exact) mass is 307 g/mol. The van der Waals surface area contributed by atoms with E-state index in [1.54, 1.807) is 0 Å². The number of hydrogen-bond donors (Lipinski definition) is 1. The fraction of sp³-hybridized carbons (Fsp3) is 0.0714. The minimum Gasteiger partial charge on any atom is -0.321 e. The number of nitrogens with one attached hydrogen (secondary N) is 1. The lowest BCUT2D eigenvalue weighted by molar-refractivity contribution is -0.137. The van der Waals surface area contributed by atoms with E-state index in [2.05, 4.69) is 19.6 Å². The first-order valence-electron chi connectivity index (χ1n) is 6.14. The molecule has 112 valence electrons. The number of H-pyrrole nitrogens is 1. The average Bonchev–Trinajstić information content (AvgIpc) is 2.93. The molecule has 0 amide bonds. The topological polar surface area (TPSA) is 71.8 Å². The highest BCUT2D eigenvalue weighted by atomic mass is 19.4. The third-order valence-electron chi connectivity index (χ3n) is 2.98. The number of benzene rings is 1. The van der Waals surface area contributed by atoms with Crippen LogP contribution in [0, 0.1) is 0 Å². The molecule has 2 heterocycles. The second-order valence-electron chi connectivity index (χ2n) is 4.40. The van der Waals surface area contributed by atoms with Crippen molar-refractivity contribution in [3.05, 3.63) is 58.7 Å². The number of aromatic amines is 1. The van der Waals surface area contributed by atoms with Crippen LogP contribution in [-0.2, 0) is 6.18 Å². The van der Waals surface area contributed by atoms with Crippen molar-refractivity contribution in [2.75, 3.05) is 0 Å². The van der Waals surface area contributed by atoms with Gasteiger partial charge in [-0.05, 0) is 29.3 Å². The molecule has 0 bridgehead atoms. The Morgan fingerprint density at radius 2 is 1.91 bits per heavy atom. The van der Waals surface area contributed by atoms with Crippen molar-refractivity contribution in [1.29, 1.82) is 0 Å². The summed E-state index contributed by atoms with van der Waals surface area (Å²) in [4.78, 5) is 18.4. The summed E-state index contributed by atoms with van der Waals surface area (Å²) in [5, 5.41) is 2.26. The van der Waals surface area contributed by atoms with Gasteiger partial charge in [0.05, 0.1) is 5.56 Å². The van der Waals surface area contributed by atoms with E-state index in [1.807, 2.05) is 0 Å². The van der Waals surface area contributed by atoms with Crippen molar-refractivity contribution >= 4 is 0 Å². The number of hydrogen-bond acceptors (Lipinski definition) is 4. The minimum absolute atomic E-state index is 0.0180. The van der Waals surface area contributed by atoms with Crippen LogP contribution in [0.3, 0.4) is 0 Å². The molecule has 0 aliphatic rings. The Kier molecular flexibility index (Phi) is 3.28. The van der Waals surface area contributed by atoms with Crippen molar-refractivity contribution in [1.82, 2.24) is 15.1 Å². The summed E-state index contributed by atoms with van der Waals surface area (Å²) in [7, 11) is 0. The quantitative estimate of drug-likeness (QED) is 0.789. The van der Waals surface area contributed by atoms with Crippen LogP contribution < -0.4 is 5.76 Å². The highest BCUT2D eigenvalue weighted by Crippen LogP contribution is 2.37. The van der Waals surface area contributed by atoms with E-state index in [1.165, 1.54) is 36.5 Å². The smallest absolute Gasteiger partial charge is 0.321 e. The third kappa shape index (κ3) is 2.62. The molecule has 0 spiro atoms. The first-order chi connectivity index (χ1) is 10.4. The van der Waals surface area contributed by atoms with Crippen LogP contribution in [0.2, 0.25) is 0 Å². The molecule has 3 aromatic rings. The van der Waals surface area contributed by atoms with Gasteiger partial charge in [-0.2, -0.15) is 23.3 Å². The predicted octanol–water partition coefficient (Wildman–Crippen LogP) is 3.11. The van der Waals surface area contributed by atoms with Crippen LogP contribution in [-0.4, -0.2) is 15.1 Å². The molecule has 1 aromatic carbocycles. The lowest BCUT2D eigenvalue weighted by atomic mass is 9.99. The van der Waals surface area contributed by atoms with Gasteiger partial charge in [0.25, 0.3) is 0 Å². The molecular formula is C14H8F3N3O2. The normalized spacial score (nSPS) is 11.6. The standard InChI is InChI=1S/C14H8F3N3O2/c15-14(16,17)10-4-2-1-3-9(10)8-5-6-18-11(7-8)12-19-13(21)22-20-12/h1-7H,(H,19,20,21). The first kappa shape index (κ1) is 14.1. The van der Waals surface area contributed by atoms with Crippen molar-refractivity contribution in [2.24, 2.45) is 0 Å². The van der Waals surface area contributed by atoms with Gasteiger partial charge >= 0.3 is 11.9 Å². The van der Waals surface area contributed by atoms with Gasteiger partial charge in [-0.15, -0.1) is 0 Å². The van der Waals surface area contributed by atoms with Crippen molar-refractivity contribution in [3.8, 4) is 22.6 Å². The van der Waals surface area contributed by atoms with E-state index in [0.29, 0.717) is 5.56 Å². The number of rotatable bonds is 2. The second-order valence-corrected chi connectivity index (χ2v) is 4.40. The van der Waals surface area contributed by atoms with E-state index in [-0.39, 0.29) is 17.1 Å². The molecule has 0 radical (unpaired) electrons. The summed E-state index contributed by atoms with van der Waals surface area (Å²) < 4.78 is 43.6. The molecule has 0 aliphatic heterocycles. The summed E-state index contributed by atoms with van der Waals surface area (Å²) in [6.45, 7) is 0. The average molecular weight is 307 g/mol. The SMILES string of the molecule is O=c1nc(-c2cc(-c3ccccc3C(F)(F)F)ccn2)[nH]o1. The van der Waals surface area contributed by atoms with Crippen LogP contribution >= 0.6 is 0 Å². The second kappa shape index (κ2) is 5.14. The van der Waals surface area contributed by atoms with E-state index in [9.17, 15) is 18.0 Å². The van der Waals surface area contributed by atoms with Crippen LogP contribution in [0.5, 0.6) is 0 Å². The fourth-order valence-electron chi connectivity index (χ4n) is 2.05. The van der Waals surface area contributed by atoms with Crippen molar-refractivity contribution < 1.29 is 17.7 Å². The molecule has 0 atom stereocenters. The van der Waals surface area contributed by atoms with Gasteiger partial charge in [0.15, 0.2) is 5.82 Å². The van der Waals surface area contributed by atoms with Gasteiger partial charge in [0, 0.05) is 6.20 Å². The lowest BCUT2D eigenvalue weighted by Crippen LogP contribution is -2.07. The Hall–Kier alpha value is -2.90. The Morgan fingerprint density at radius 3 is 2.59 bits per heavy atom. The van der Waals surface area contributed by atoms with Gasteiger partial charge in [0.1, 0.15) is 5.69 Å².